The van der Waals surface area contributed by atoms with Gasteiger partial charge < -0.3 is 5.73 Å². The molecular weight excluding hydrogens is 198 g/mol. The molecule has 0 spiro atoms. The molecular formula is C13H11N3. The van der Waals surface area contributed by atoms with E-state index in [1.165, 1.54) is 6.20 Å². The molecule has 3 heteroatoms. The molecule has 0 bridgehead atoms. The Labute approximate surface area is 94.2 Å². The molecule has 0 aliphatic carbocycles. The van der Waals surface area contributed by atoms with Crippen molar-refractivity contribution >= 4 is 5.69 Å². The van der Waals surface area contributed by atoms with Gasteiger partial charge in [-0.2, -0.15) is 5.26 Å². The maximum Gasteiger partial charge on any atom is 0.101 e. The molecule has 1 heterocycles. The van der Waals surface area contributed by atoms with Crippen LogP contribution in [-0.4, -0.2) is 4.98 Å². The molecule has 0 saturated carbocycles. The molecule has 0 atom stereocenters. The van der Waals surface area contributed by atoms with E-state index in [4.69, 9.17) is 11.0 Å². The standard InChI is InChI=1S/C13H11N3/c1-9-2-3-12(13(15)4-9)11-5-10(6-14)7-16-8-11/h2-5,7-8H,15H2,1H3. The lowest BCUT2D eigenvalue weighted by Crippen LogP contribution is -1.92. The maximum absolute atomic E-state index is 8.80. The fraction of sp³-hybridized carbons (Fsp3) is 0.0769. The molecule has 2 aromatic rings. The van der Waals surface area contributed by atoms with E-state index in [1.54, 1.807) is 12.3 Å². The number of aromatic nitrogens is 1. The summed E-state index contributed by atoms with van der Waals surface area (Å²) in [5.74, 6) is 0. The van der Waals surface area contributed by atoms with E-state index in [1.807, 2.05) is 25.1 Å². The van der Waals surface area contributed by atoms with Crippen LogP contribution in [0.5, 0.6) is 0 Å². The molecule has 2 rings (SSSR count). The SMILES string of the molecule is Cc1ccc(-c2cncc(C#N)c2)c(N)c1. The number of nitrogen functional groups attached to an aromatic ring is 1. The molecule has 1 aromatic heterocycles. The third-order valence-electron chi connectivity index (χ3n) is 2.39. The van der Waals surface area contributed by atoms with Gasteiger partial charge >= 0.3 is 0 Å². The number of benzene rings is 1. The zero-order chi connectivity index (χ0) is 11.5. The molecule has 3 nitrogen and oxygen atoms in total. The number of hydrogen-bond donors (Lipinski definition) is 1. The summed E-state index contributed by atoms with van der Waals surface area (Å²) in [4.78, 5) is 4.02. The predicted octanol–water partition coefficient (Wildman–Crippen LogP) is 2.51. The Morgan fingerprint density at radius 3 is 2.75 bits per heavy atom. The molecule has 0 aliphatic rings. The van der Waals surface area contributed by atoms with Crippen LogP contribution in [0, 0.1) is 18.3 Å². The van der Waals surface area contributed by atoms with E-state index in [2.05, 4.69) is 11.1 Å². The summed E-state index contributed by atoms with van der Waals surface area (Å²) in [6, 6.07) is 9.70. The molecule has 16 heavy (non-hydrogen) atoms. The second-order valence-corrected chi connectivity index (χ2v) is 3.66. The van der Waals surface area contributed by atoms with Crippen LogP contribution in [0.2, 0.25) is 0 Å². The zero-order valence-electron chi connectivity index (χ0n) is 8.94. The number of nitriles is 1. The van der Waals surface area contributed by atoms with Crippen molar-refractivity contribution in [1.29, 1.82) is 5.26 Å². The fourth-order valence-corrected chi connectivity index (χ4v) is 1.59. The van der Waals surface area contributed by atoms with Gasteiger partial charge in [0.05, 0.1) is 5.56 Å². The average Bonchev–Trinajstić information content (AvgIpc) is 2.29. The number of nitrogens with zero attached hydrogens (tertiary/aromatic N) is 2. The van der Waals surface area contributed by atoms with Crippen LogP contribution in [-0.2, 0) is 0 Å². The third kappa shape index (κ3) is 1.86. The van der Waals surface area contributed by atoms with Crippen LogP contribution in [0.3, 0.4) is 0 Å². The van der Waals surface area contributed by atoms with Crippen LogP contribution in [0.15, 0.2) is 36.7 Å². The molecule has 0 unspecified atom stereocenters. The Balaban J connectivity index is 2.55. The van der Waals surface area contributed by atoms with Crippen LogP contribution in [0.1, 0.15) is 11.1 Å². The van der Waals surface area contributed by atoms with Gasteiger partial charge in [0.25, 0.3) is 0 Å². The first kappa shape index (κ1) is 10.2. The number of aryl methyl sites for hydroxylation is 1. The molecule has 0 aliphatic heterocycles. The molecule has 0 fully saturated rings. The van der Waals surface area contributed by atoms with E-state index in [9.17, 15) is 0 Å². The summed E-state index contributed by atoms with van der Waals surface area (Å²) in [5.41, 5.74) is 10.1. The smallest absolute Gasteiger partial charge is 0.101 e. The van der Waals surface area contributed by atoms with Gasteiger partial charge in [0.1, 0.15) is 6.07 Å². The molecule has 78 valence electrons. The van der Waals surface area contributed by atoms with Gasteiger partial charge in [-0.05, 0) is 24.6 Å². The highest BCUT2D eigenvalue weighted by Gasteiger charge is 2.03. The van der Waals surface area contributed by atoms with Crippen molar-refractivity contribution in [1.82, 2.24) is 4.98 Å². The molecule has 0 radical (unpaired) electrons. The topological polar surface area (TPSA) is 62.7 Å². The van der Waals surface area contributed by atoms with Crippen molar-refractivity contribution in [2.24, 2.45) is 0 Å². The summed E-state index contributed by atoms with van der Waals surface area (Å²) in [7, 11) is 0. The van der Waals surface area contributed by atoms with E-state index >= 15 is 0 Å². The normalized spacial score (nSPS) is 9.75. The number of anilines is 1. The molecule has 0 saturated heterocycles. The fourth-order valence-electron chi connectivity index (χ4n) is 1.59. The Kier molecular flexibility index (Phi) is 2.57. The Morgan fingerprint density at radius 2 is 2.06 bits per heavy atom. The minimum atomic E-state index is 0.539. The number of nitrogens with two attached hydrogens (primary N) is 1. The first-order valence-corrected chi connectivity index (χ1v) is 4.92. The van der Waals surface area contributed by atoms with E-state index in [0.717, 1.165) is 16.7 Å². The lowest BCUT2D eigenvalue weighted by Gasteiger charge is -2.06. The first-order valence-electron chi connectivity index (χ1n) is 4.92. The average molecular weight is 209 g/mol. The quantitative estimate of drug-likeness (QED) is 0.734. The van der Waals surface area contributed by atoms with E-state index in [-0.39, 0.29) is 0 Å². The van der Waals surface area contributed by atoms with Crippen molar-refractivity contribution in [2.75, 3.05) is 5.73 Å². The van der Waals surface area contributed by atoms with E-state index in [0.29, 0.717) is 11.3 Å². The Bertz CT molecular complexity index is 568. The van der Waals surface area contributed by atoms with Crippen LogP contribution < -0.4 is 5.73 Å². The second-order valence-electron chi connectivity index (χ2n) is 3.66. The largest absolute Gasteiger partial charge is 0.398 e. The van der Waals surface area contributed by atoms with Gasteiger partial charge in [0.2, 0.25) is 0 Å². The van der Waals surface area contributed by atoms with Crippen molar-refractivity contribution in [3.8, 4) is 17.2 Å². The molecule has 1 aromatic carbocycles. The lowest BCUT2D eigenvalue weighted by atomic mass is 10.0. The second kappa shape index (κ2) is 4.03. The Hall–Kier alpha value is -2.34. The van der Waals surface area contributed by atoms with Gasteiger partial charge in [-0.3, -0.25) is 4.98 Å². The first-order chi connectivity index (χ1) is 7.70. The van der Waals surface area contributed by atoms with Gasteiger partial charge in [-0.15, -0.1) is 0 Å². The maximum atomic E-state index is 8.80. The van der Waals surface area contributed by atoms with Crippen molar-refractivity contribution in [3.63, 3.8) is 0 Å². The highest BCUT2D eigenvalue weighted by molar-refractivity contribution is 5.76. The van der Waals surface area contributed by atoms with Crippen LogP contribution in [0.4, 0.5) is 5.69 Å². The van der Waals surface area contributed by atoms with Crippen LogP contribution >= 0.6 is 0 Å². The summed E-state index contributed by atoms with van der Waals surface area (Å²) < 4.78 is 0. The monoisotopic (exact) mass is 209 g/mol. The minimum absolute atomic E-state index is 0.539. The third-order valence-corrected chi connectivity index (χ3v) is 2.39. The summed E-state index contributed by atoms with van der Waals surface area (Å²) in [6.45, 7) is 1.99. The lowest BCUT2D eigenvalue weighted by molar-refractivity contribution is 1.30. The van der Waals surface area contributed by atoms with Gasteiger partial charge in [-0.25, -0.2) is 0 Å². The zero-order valence-corrected chi connectivity index (χ0v) is 8.94. The summed E-state index contributed by atoms with van der Waals surface area (Å²) >= 11 is 0. The number of pyridine rings is 1. The molecule has 2 N–H and O–H groups in total. The van der Waals surface area contributed by atoms with Crippen molar-refractivity contribution in [2.45, 2.75) is 6.92 Å². The van der Waals surface area contributed by atoms with E-state index < -0.39 is 0 Å². The minimum Gasteiger partial charge on any atom is -0.398 e. The van der Waals surface area contributed by atoms with Crippen LogP contribution in [0.25, 0.3) is 11.1 Å². The Morgan fingerprint density at radius 1 is 1.25 bits per heavy atom. The summed E-state index contributed by atoms with van der Waals surface area (Å²) in [5, 5.41) is 8.80. The van der Waals surface area contributed by atoms with Gasteiger partial charge in [0.15, 0.2) is 0 Å². The van der Waals surface area contributed by atoms with Gasteiger partial charge in [0, 0.05) is 29.2 Å². The molecule has 0 amide bonds. The summed E-state index contributed by atoms with van der Waals surface area (Å²) in [6.07, 6.45) is 3.25. The van der Waals surface area contributed by atoms with Gasteiger partial charge in [-0.1, -0.05) is 12.1 Å². The number of rotatable bonds is 1. The van der Waals surface area contributed by atoms with Crippen molar-refractivity contribution < 1.29 is 0 Å². The number of hydrogen-bond acceptors (Lipinski definition) is 3. The predicted molar refractivity (Wildman–Crippen MR) is 63.5 cm³/mol. The van der Waals surface area contributed by atoms with Crippen molar-refractivity contribution in [3.05, 3.63) is 47.8 Å². The highest BCUT2D eigenvalue weighted by atomic mass is 14.6. The highest BCUT2D eigenvalue weighted by Crippen LogP contribution is 2.26.